The number of phenols is 1. The largest absolute Gasteiger partial charge is 0.508 e. The van der Waals surface area contributed by atoms with Crippen LogP contribution in [0.3, 0.4) is 0 Å². The molecular formula is C26H35Cl2N3O5S. The molecule has 5 N–H and O–H groups in total. The van der Waals surface area contributed by atoms with Crippen LogP contribution in [0.2, 0.25) is 5.02 Å². The van der Waals surface area contributed by atoms with E-state index in [2.05, 4.69) is 16.0 Å². The summed E-state index contributed by atoms with van der Waals surface area (Å²) < 4.78 is 0. The van der Waals surface area contributed by atoms with Crippen molar-refractivity contribution in [3.8, 4) is 5.75 Å². The van der Waals surface area contributed by atoms with Gasteiger partial charge < -0.3 is 26.2 Å². The summed E-state index contributed by atoms with van der Waals surface area (Å²) in [5.41, 5.74) is 1.37. The fourth-order valence-corrected chi connectivity index (χ4v) is 4.30. The van der Waals surface area contributed by atoms with Gasteiger partial charge in [0.2, 0.25) is 11.8 Å². The van der Waals surface area contributed by atoms with Crippen molar-refractivity contribution in [1.29, 1.82) is 0 Å². The third kappa shape index (κ3) is 10.8. The maximum absolute atomic E-state index is 13.3. The zero-order valence-corrected chi connectivity index (χ0v) is 23.5. The first-order chi connectivity index (χ1) is 17.1. The lowest BCUT2D eigenvalue weighted by Crippen LogP contribution is -2.56. The number of rotatable bonds is 14. The van der Waals surface area contributed by atoms with Gasteiger partial charge in [-0.2, -0.15) is 11.8 Å². The van der Waals surface area contributed by atoms with Crippen LogP contribution in [0.25, 0.3) is 0 Å². The Labute approximate surface area is 233 Å². The third-order valence-corrected chi connectivity index (χ3v) is 6.52. The first-order valence-electron chi connectivity index (χ1n) is 11.7. The van der Waals surface area contributed by atoms with Crippen molar-refractivity contribution in [2.24, 2.45) is 5.92 Å². The fourth-order valence-electron chi connectivity index (χ4n) is 3.63. The van der Waals surface area contributed by atoms with Gasteiger partial charge in [0.15, 0.2) is 0 Å². The van der Waals surface area contributed by atoms with Crippen molar-refractivity contribution in [2.75, 3.05) is 12.0 Å². The molecule has 0 aliphatic rings. The van der Waals surface area contributed by atoms with Crippen LogP contribution in [0.5, 0.6) is 5.75 Å². The zero-order chi connectivity index (χ0) is 26.7. The maximum Gasteiger partial charge on any atom is 0.326 e. The Morgan fingerprint density at radius 2 is 1.65 bits per heavy atom. The number of carboxylic acids is 1. The Morgan fingerprint density at radius 1 is 1.00 bits per heavy atom. The molecule has 37 heavy (non-hydrogen) atoms. The van der Waals surface area contributed by atoms with Gasteiger partial charge in [-0.15, -0.1) is 12.4 Å². The van der Waals surface area contributed by atoms with Gasteiger partial charge in [0.05, 0.1) is 6.04 Å². The molecule has 0 heterocycles. The summed E-state index contributed by atoms with van der Waals surface area (Å²) in [6.45, 7) is 3.92. The second-order valence-corrected chi connectivity index (χ2v) is 10.2. The summed E-state index contributed by atoms with van der Waals surface area (Å²) >= 11 is 7.52. The summed E-state index contributed by atoms with van der Waals surface area (Å²) in [5.74, 6) is -1.59. The van der Waals surface area contributed by atoms with Gasteiger partial charge in [0.25, 0.3) is 0 Å². The van der Waals surface area contributed by atoms with Gasteiger partial charge in [-0.25, -0.2) is 4.79 Å². The Morgan fingerprint density at radius 3 is 2.24 bits per heavy atom. The zero-order valence-electron chi connectivity index (χ0n) is 21.1. The lowest BCUT2D eigenvalue weighted by atomic mass is 10.0. The summed E-state index contributed by atoms with van der Waals surface area (Å²) in [5, 5.41) is 28.6. The number of benzene rings is 2. The lowest BCUT2D eigenvalue weighted by molar-refractivity contribution is -0.142. The predicted octanol–water partition coefficient (Wildman–Crippen LogP) is 3.63. The van der Waals surface area contributed by atoms with Gasteiger partial charge >= 0.3 is 5.97 Å². The Bertz CT molecular complexity index is 1030. The first kappa shape index (κ1) is 32.6. The SMILES string of the molecule is CSCC[C@H](NC(=O)[C@H](Cc1ccccc1)NC(=O)[C@@H](NCc1cc(Cl)ccc1O)C(C)C)C(=O)O.Cl. The monoisotopic (exact) mass is 571 g/mol. The maximum atomic E-state index is 13.3. The van der Waals surface area contributed by atoms with Crippen LogP contribution in [0, 0.1) is 5.92 Å². The van der Waals surface area contributed by atoms with Crippen molar-refractivity contribution in [2.45, 2.75) is 51.4 Å². The summed E-state index contributed by atoms with van der Waals surface area (Å²) in [6, 6.07) is 11.2. The van der Waals surface area contributed by atoms with E-state index in [4.69, 9.17) is 11.6 Å². The van der Waals surface area contributed by atoms with Crippen molar-refractivity contribution in [3.63, 3.8) is 0 Å². The normalized spacial score (nSPS) is 13.2. The molecule has 0 fully saturated rings. The second-order valence-electron chi connectivity index (χ2n) is 8.81. The molecule has 0 radical (unpaired) electrons. The molecule has 0 unspecified atom stereocenters. The average Bonchev–Trinajstić information content (AvgIpc) is 2.83. The minimum Gasteiger partial charge on any atom is -0.508 e. The van der Waals surface area contributed by atoms with E-state index in [9.17, 15) is 24.6 Å². The Balaban J connectivity index is 0.00000684. The van der Waals surface area contributed by atoms with E-state index in [0.29, 0.717) is 16.3 Å². The highest BCUT2D eigenvalue weighted by molar-refractivity contribution is 7.98. The Hall–Kier alpha value is -2.46. The predicted molar refractivity (Wildman–Crippen MR) is 150 cm³/mol. The lowest BCUT2D eigenvalue weighted by Gasteiger charge is -2.26. The topological polar surface area (TPSA) is 128 Å². The number of thioether (sulfide) groups is 1. The van der Waals surface area contributed by atoms with Gasteiger partial charge in [-0.1, -0.05) is 55.8 Å². The van der Waals surface area contributed by atoms with Crippen molar-refractivity contribution in [1.82, 2.24) is 16.0 Å². The van der Waals surface area contributed by atoms with Gasteiger partial charge in [-0.3, -0.25) is 9.59 Å². The summed E-state index contributed by atoms with van der Waals surface area (Å²) in [6.07, 6.45) is 2.34. The third-order valence-electron chi connectivity index (χ3n) is 5.64. The smallest absolute Gasteiger partial charge is 0.326 e. The van der Waals surface area contributed by atoms with E-state index >= 15 is 0 Å². The molecule has 11 heteroatoms. The highest BCUT2D eigenvalue weighted by Gasteiger charge is 2.30. The molecule has 0 spiro atoms. The molecule has 0 aliphatic carbocycles. The molecule has 0 saturated heterocycles. The molecule has 2 rings (SSSR count). The van der Waals surface area contributed by atoms with Crippen LogP contribution in [0.1, 0.15) is 31.4 Å². The van der Waals surface area contributed by atoms with Crippen molar-refractivity contribution >= 4 is 53.6 Å². The second kappa shape index (κ2) is 16.4. The van der Waals surface area contributed by atoms with Crippen LogP contribution >= 0.6 is 35.8 Å². The molecule has 2 aromatic rings. The van der Waals surface area contributed by atoms with Crippen LogP contribution in [-0.4, -0.2) is 58.1 Å². The minimum absolute atomic E-state index is 0. The molecular weight excluding hydrogens is 537 g/mol. The quantitative estimate of drug-likeness (QED) is 0.234. The van der Waals surface area contributed by atoms with E-state index in [1.807, 2.05) is 50.4 Å². The number of carboxylic acid groups (broad SMARTS) is 1. The number of phenolic OH excluding ortho intramolecular Hbond substituents is 1. The van der Waals surface area contributed by atoms with E-state index in [-0.39, 0.29) is 43.5 Å². The van der Waals surface area contributed by atoms with Crippen molar-refractivity contribution in [3.05, 3.63) is 64.7 Å². The Kier molecular flexibility index (Phi) is 14.4. The molecule has 0 aromatic heterocycles. The molecule has 2 aromatic carbocycles. The van der Waals surface area contributed by atoms with Crippen LogP contribution < -0.4 is 16.0 Å². The van der Waals surface area contributed by atoms with E-state index in [1.165, 1.54) is 17.8 Å². The highest BCUT2D eigenvalue weighted by Crippen LogP contribution is 2.21. The average molecular weight is 573 g/mol. The number of halogens is 2. The summed E-state index contributed by atoms with van der Waals surface area (Å²) in [7, 11) is 0. The number of amides is 2. The van der Waals surface area contributed by atoms with Crippen molar-refractivity contribution < 1.29 is 24.6 Å². The number of aromatic hydroxyl groups is 1. The number of carbonyl (C=O) groups excluding carboxylic acids is 2. The number of carbonyl (C=O) groups is 3. The number of nitrogens with one attached hydrogen (secondary N) is 3. The van der Waals surface area contributed by atoms with Gasteiger partial charge in [0.1, 0.15) is 17.8 Å². The van der Waals surface area contributed by atoms with E-state index in [1.54, 1.807) is 12.1 Å². The molecule has 3 atom stereocenters. The highest BCUT2D eigenvalue weighted by atomic mass is 35.5. The molecule has 0 aliphatic heterocycles. The summed E-state index contributed by atoms with van der Waals surface area (Å²) in [4.78, 5) is 38.1. The standard InChI is InChI=1S/C26H34ClN3O5S.ClH/c1-16(2)23(28-15-18-14-19(27)9-10-22(18)31)25(33)30-21(13-17-7-5-4-6-8-17)24(32)29-20(26(34)35)11-12-36-3;/h4-10,14,16,20-21,23,28,31H,11-13,15H2,1-3H3,(H,29,32)(H,30,33)(H,34,35);1H/t20-,21-,23-;/m0./s1. The molecule has 8 nitrogen and oxygen atoms in total. The first-order valence-corrected chi connectivity index (χ1v) is 13.5. The van der Waals surface area contributed by atoms with Crippen LogP contribution in [0.4, 0.5) is 0 Å². The van der Waals surface area contributed by atoms with Gasteiger partial charge in [-0.05, 0) is 48.1 Å². The molecule has 0 bridgehead atoms. The molecule has 204 valence electrons. The van der Waals surface area contributed by atoms with Crippen LogP contribution in [-0.2, 0) is 27.3 Å². The van der Waals surface area contributed by atoms with E-state index in [0.717, 1.165) is 5.56 Å². The molecule has 2 amide bonds. The van der Waals surface area contributed by atoms with Crippen LogP contribution in [0.15, 0.2) is 48.5 Å². The van der Waals surface area contributed by atoms with Gasteiger partial charge in [0, 0.05) is 23.6 Å². The number of aliphatic carboxylic acids is 1. The number of hydrogen-bond acceptors (Lipinski definition) is 6. The molecule has 0 saturated carbocycles. The fraction of sp³-hybridized carbons (Fsp3) is 0.423. The number of hydrogen-bond donors (Lipinski definition) is 5. The minimum atomic E-state index is -1.12. The van der Waals surface area contributed by atoms with E-state index < -0.39 is 35.9 Å².